The standard InChI is InChI=1S/C15H11BrO2/c1-17-12-5-2-10(3-6-12)14-9-18-15-7-4-11(16)8-13(14)15/h2-9H,1H3. The minimum Gasteiger partial charge on any atom is -0.497 e. The van der Waals surface area contributed by atoms with Crippen molar-refractivity contribution in [3.63, 3.8) is 0 Å². The Balaban J connectivity index is 2.15. The summed E-state index contributed by atoms with van der Waals surface area (Å²) < 4.78 is 11.8. The van der Waals surface area contributed by atoms with Gasteiger partial charge >= 0.3 is 0 Å². The van der Waals surface area contributed by atoms with E-state index in [1.165, 1.54) is 0 Å². The minimum absolute atomic E-state index is 0.854. The first-order chi connectivity index (χ1) is 8.78. The maximum atomic E-state index is 5.56. The van der Waals surface area contributed by atoms with E-state index in [9.17, 15) is 0 Å². The average Bonchev–Trinajstić information content (AvgIpc) is 2.82. The lowest BCUT2D eigenvalue weighted by Gasteiger charge is -2.02. The quantitative estimate of drug-likeness (QED) is 0.674. The van der Waals surface area contributed by atoms with E-state index in [2.05, 4.69) is 22.0 Å². The minimum atomic E-state index is 0.854. The highest BCUT2D eigenvalue weighted by atomic mass is 79.9. The smallest absolute Gasteiger partial charge is 0.134 e. The van der Waals surface area contributed by atoms with Gasteiger partial charge in [-0.3, -0.25) is 0 Å². The highest BCUT2D eigenvalue weighted by Gasteiger charge is 2.08. The average molecular weight is 303 g/mol. The van der Waals surface area contributed by atoms with Crippen molar-refractivity contribution in [3.8, 4) is 16.9 Å². The van der Waals surface area contributed by atoms with E-state index >= 15 is 0 Å². The van der Waals surface area contributed by atoms with Crippen LogP contribution in [0.4, 0.5) is 0 Å². The number of methoxy groups -OCH3 is 1. The van der Waals surface area contributed by atoms with Gasteiger partial charge in [0.2, 0.25) is 0 Å². The zero-order chi connectivity index (χ0) is 12.5. The zero-order valence-electron chi connectivity index (χ0n) is 9.81. The van der Waals surface area contributed by atoms with Crippen molar-refractivity contribution in [1.29, 1.82) is 0 Å². The molecule has 0 bridgehead atoms. The lowest BCUT2D eigenvalue weighted by molar-refractivity contribution is 0.415. The molecule has 3 rings (SSSR count). The largest absolute Gasteiger partial charge is 0.497 e. The van der Waals surface area contributed by atoms with Crippen LogP contribution in [0.2, 0.25) is 0 Å². The van der Waals surface area contributed by atoms with Gasteiger partial charge in [-0.2, -0.15) is 0 Å². The van der Waals surface area contributed by atoms with Crippen molar-refractivity contribution in [2.45, 2.75) is 0 Å². The van der Waals surface area contributed by atoms with Gasteiger partial charge in [0.05, 0.1) is 13.4 Å². The van der Waals surface area contributed by atoms with Gasteiger partial charge in [-0.15, -0.1) is 0 Å². The molecular formula is C15H11BrO2. The number of benzene rings is 2. The molecule has 0 N–H and O–H groups in total. The molecule has 0 spiro atoms. The fourth-order valence-electron chi connectivity index (χ4n) is 2.00. The Morgan fingerprint density at radius 3 is 2.56 bits per heavy atom. The molecule has 0 aliphatic heterocycles. The summed E-state index contributed by atoms with van der Waals surface area (Å²) in [4.78, 5) is 0. The normalized spacial score (nSPS) is 10.8. The molecule has 0 saturated carbocycles. The summed E-state index contributed by atoms with van der Waals surface area (Å²) in [5, 5.41) is 1.11. The maximum Gasteiger partial charge on any atom is 0.134 e. The van der Waals surface area contributed by atoms with E-state index in [4.69, 9.17) is 9.15 Å². The lowest BCUT2D eigenvalue weighted by Crippen LogP contribution is -1.82. The number of fused-ring (bicyclic) bond motifs is 1. The number of furan rings is 1. The highest BCUT2D eigenvalue weighted by molar-refractivity contribution is 9.10. The van der Waals surface area contributed by atoms with Crippen LogP contribution in [0.5, 0.6) is 5.75 Å². The number of hydrogen-bond donors (Lipinski definition) is 0. The van der Waals surface area contributed by atoms with E-state index in [0.29, 0.717) is 0 Å². The molecule has 90 valence electrons. The SMILES string of the molecule is COc1ccc(-c2coc3ccc(Br)cc23)cc1. The van der Waals surface area contributed by atoms with Gasteiger partial charge in [-0.05, 0) is 35.9 Å². The Morgan fingerprint density at radius 2 is 1.83 bits per heavy atom. The van der Waals surface area contributed by atoms with Crippen molar-refractivity contribution in [1.82, 2.24) is 0 Å². The summed E-state index contributed by atoms with van der Waals surface area (Å²) in [5.74, 6) is 0.854. The fraction of sp³-hybridized carbons (Fsp3) is 0.0667. The molecule has 0 aliphatic rings. The molecule has 0 amide bonds. The van der Waals surface area contributed by atoms with E-state index < -0.39 is 0 Å². The van der Waals surface area contributed by atoms with E-state index in [-0.39, 0.29) is 0 Å². The second kappa shape index (κ2) is 4.50. The van der Waals surface area contributed by atoms with E-state index in [0.717, 1.165) is 32.3 Å². The number of rotatable bonds is 2. The van der Waals surface area contributed by atoms with Crippen molar-refractivity contribution in [3.05, 3.63) is 53.2 Å². The molecule has 0 radical (unpaired) electrons. The van der Waals surface area contributed by atoms with Crippen LogP contribution < -0.4 is 4.74 Å². The third-order valence-electron chi connectivity index (χ3n) is 2.94. The molecule has 1 aromatic heterocycles. The predicted molar refractivity (Wildman–Crippen MR) is 75.9 cm³/mol. The van der Waals surface area contributed by atoms with Gasteiger partial charge in [0.15, 0.2) is 0 Å². The first-order valence-corrected chi connectivity index (χ1v) is 6.38. The Hall–Kier alpha value is -1.74. The predicted octanol–water partition coefficient (Wildman–Crippen LogP) is 4.87. The monoisotopic (exact) mass is 302 g/mol. The molecule has 0 atom stereocenters. The van der Waals surface area contributed by atoms with Crippen molar-refractivity contribution in [2.75, 3.05) is 7.11 Å². The van der Waals surface area contributed by atoms with Crippen LogP contribution in [0.25, 0.3) is 22.1 Å². The van der Waals surface area contributed by atoms with E-state index in [1.54, 1.807) is 13.4 Å². The first kappa shape index (κ1) is 11.4. The molecule has 3 heteroatoms. The summed E-state index contributed by atoms with van der Waals surface area (Å²) in [6.45, 7) is 0. The Labute approximate surface area is 113 Å². The summed E-state index contributed by atoms with van der Waals surface area (Å²) in [7, 11) is 1.67. The topological polar surface area (TPSA) is 22.4 Å². The number of ether oxygens (including phenoxy) is 1. The molecular weight excluding hydrogens is 292 g/mol. The third-order valence-corrected chi connectivity index (χ3v) is 3.43. The van der Waals surface area contributed by atoms with Crippen LogP contribution in [0, 0.1) is 0 Å². The van der Waals surface area contributed by atoms with Crippen LogP contribution >= 0.6 is 15.9 Å². The first-order valence-electron chi connectivity index (χ1n) is 5.59. The van der Waals surface area contributed by atoms with Crippen LogP contribution in [0.1, 0.15) is 0 Å². The molecule has 0 saturated heterocycles. The Bertz CT molecular complexity index is 683. The van der Waals surface area contributed by atoms with Crippen LogP contribution in [0.3, 0.4) is 0 Å². The number of halogens is 1. The highest BCUT2D eigenvalue weighted by Crippen LogP contribution is 2.33. The maximum absolute atomic E-state index is 5.56. The summed E-state index contributed by atoms with van der Waals surface area (Å²) in [6, 6.07) is 14.0. The molecule has 3 aromatic rings. The van der Waals surface area contributed by atoms with Crippen molar-refractivity contribution in [2.24, 2.45) is 0 Å². The second-order valence-electron chi connectivity index (χ2n) is 4.02. The van der Waals surface area contributed by atoms with Gasteiger partial charge in [-0.1, -0.05) is 28.1 Å². The Kier molecular flexibility index (Phi) is 2.84. The Morgan fingerprint density at radius 1 is 1.06 bits per heavy atom. The molecule has 0 fully saturated rings. The summed E-state index contributed by atoms with van der Waals surface area (Å²) in [6.07, 6.45) is 1.79. The molecule has 0 aliphatic carbocycles. The second-order valence-corrected chi connectivity index (χ2v) is 4.93. The molecule has 2 aromatic carbocycles. The molecule has 2 nitrogen and oxygen atoms in total. The van der Waals surface area contributed by atoms with E-state index in [1.807, 2.05) is 36.4 Å². The van der Waals surface area contributed by atoms with Gasteiger partial charge in [0.25, 0.3) is 0 Å². The van der Waals surface area contributed by atoms with Crippen LogP contribution in [0.15, 0.2) is 57.6 Å². The third kappa shape index (κ3) is 1.91. The lowest BCUT2D eigenvalue weighted by atomic mass is 10.0. The molecule has 1 heterocycles. The summed E-state index contributed by atoms with van der Waals surface area (Å²) >= 11 is 3.48. The van der Waals surface area contributed by atoms with Gasteiger partial charge in [0, 0.05) is 15.4 Å². The van der Waals surface area contributed by atoms with Gasteiger partial charge in [-0.25, -0.2) is 0 Å². The molecule has 0 unspecified atom stereocenters. The fourth-order valence-corrected chi connectivity index (χ4v) is 2.36. The van der Waals surface area contributed by atoms with Crippen LogP contribution in [-0.4, -0.2) is 7.11 Å². The summed E-state index contributed by atoms with van der Waals surface area (Å²) in [5.41, 5.74) is 3.10. The van der Waals surface area contributed by atoms with Gasteiger partial charge < -0.3 is 9.15 Å². The van der Waals surface area contributed by atoms with Crippen molar-refractivity contribution < 1.29 is 9.15 Å². The van der Waals surface area contributed by atoms with Gasteiger partial charge in [0.1, 0.15) is 11.3 Å². The zero-order valence-corrected chi connectivity index (χ0v) is 11.4. The van der Waals surface area contributed by atoms with Crippen LogP contribution in [-0.2, 0) is 0 Å². The van der Waals surface area contributed by atoms with Crippen molar-refractivity contribution >= 4 is 26.9 Å². The number of hydrogen-bond acceptors (Lipinski definition) is 2. The molecule has 18 heavy (non-hydrogen) atoms.